The van der Waals surface area contributed by atoms with Crippen LogP contribution in [0.4, 0.5) is 0 Å². The van der Waals surface area contributed by atoms with E-state index in [1.165, 1.54) is 18.7 Å². The molecule has 1 aromatic carbocycles. The van der Waals surface area contributed by atoms with Crippen molar-refractivity contribution >= 4 is 17.7 Å². The van der Waals surface area contributed by atoms with Crippen LogP contribution in [-0.2, 0) is 16.0 Å². The Kier molecular flexibility index (Phi) is 4.72. The van der Waals surface area contributed by atoms with Gasteiger partial charge in [-0.05, 0) is 17.7 Å². The minimum atomic E-state index is -0.274. The largest absolute Gasteiger partial charge is 0.454 e. The van der Waals surface area contributed by atoms with Gasteiger partial charge in [0.25, 0.3) is 0 Å². The van der Waals surface area contributed by atoms with Crippen LogP contribution in [0.3, 0.4) is 0 Å². The monoisotopic (exact) mass is 221 g/mol. The Balaban J connectivity index is 2.43. The number of benzene rings is 1. The van der Waals surface area contributed by atoms with Crippen molar-refractivity contribution in [3.63, 3.8) is 0 Å². The van der Waals surface area contributed by atoms with E-state index in [2.05, 4.69) is 6.07 Å². The molecule has 0 radical (unpaired) electrons. The molecule has 0 saturated carbocycles. The van der Waals surface area contributed by atoms with Gasteiger partial charge in [-0.1, -0.05) is 23.9 Å². The van der Waals surface area contributed by atoms with Crippen molar-refractivity contribution in [2.45, 2.75) is 18.2 Å². The van der Waals surface area contributed by atoms with E-state index in [4.69, 9.17) is 10.00 Å². The van der Waals surface area contributed by atoms with Gasteiger partial charge in [-0.15, -0.1) is 0 Å². The van der Waals surface area contributed by atoms with Gasteiger partial charge in [0, 0.05) is 11.8 Å². The number of nitriles is 1. The van der Waals surface area contributed by atoms with Crippen LogP contribution in [0.25, 0.3) is 0 Å². The smallest absolute Gasteiger partial charge is 0.303 e. The molecule has 0 spiro atoms. The van der Waals surface area contributed by atoms with Gasteiger partial charge in [0.2, 0.25) is 0 Å². The third-order valence-corrected chi connectivity index (χ3v) is 2.54. The molecule has 3 nitrogen and oxygen atoms in total. The molecule has 1 rings (SSSR count). The zero-order chi connectivity index (χ0) is 11.1. The number of hydrogen-bond acceptors (Lipinski definition) is 4. The van der Waals surface area contributed by atoms with Crippen LogP contribution in [0.5, 0.6) is 0 Å². The van der Waals surface area contributed by atoms with E-state index in [-0.39, 0.29) is 5.97 Å². The van der Waals surface area contributed by atoms with E-state index in [0.717, 1.165) is 10.5 Å². The molecular formula is C11H11NO2S. The summed E-state index contributed by atoms with van der Waals surface area (Å²) in [5.41, 5.74) is 0.995. The van der Waals surface area contributed by atoms with E-state index in [0.29, 0.717) is 12.4 Å². The second kappa shape index (κ2) is 6.10. The lowest BCUT2D eigenvalue weighted by molar-refractivity contribution is -0.138. The summed E-state index contributed by atoms with van der Waals surface area (Å²) in [4.78, 5) is 11.5. The average Bonchev–Trinajstić information content (AvgIpc) is 2.20. The highest BCUT2D eigenvalue weighted by molar-refractivity contribution is 7.99. The third-order valence-electron chi connectivity index (χ3n) is 1.69. The summed E-state index contributed by atoms with van der Waals surface area (Å²) in [5.74, 6) is 0.0519. The van der Waals surface area contributed by atoms with Crippen LogP contribution in [0.15, 0.2) is 29.2 Å². The highest BCUT2D eigenvalue weighted by Gasteiger charge is 1.97. The Morgan fingerprint density at radius 1 is 1.47 bits per heavy atom. The number of rotatable bonds is 4. The molecular weight excluding hydrogens is 210 g/mol. The van der Waals surface area contributed by atoms with E-state index in [9.17, 15) is 4.79 Å². The summed E-state index contributed by atoms with van der Waals surface area (Å²) in [6.07, 6.45) is 0.425. The lowest BCUT2D eigenvalue weighted by Crippen LogP contribution is -1.96. The lowest BCUT2D eigenvalue weighted by atomic mass is 10.2. The number of nitrogens with zero attached hydrogens (tertiary/aromatic N) is 1. The van der Waals surface area contributed by atoms with Gasteiger partial charge < -0.3 is 4.74 Å². The Bertz CT molecular complexity index is 367. The standard InChI is InChI=1S/C11H11NO2S/c1-9(13)14-8-15-11-4-2-10(3-5-11)6-7-12/h2-5H,6,8H2,1H3. The first-order valence-corrected chi connectivity index (χ1v) is 5.43. The van der Waals surface area contributed by atoms with E-state index < -0.39 is 0 Å². The zero-order valence-corrected chi connectivity index (χ0v) is 9.21. The van der Waals surface area contributed by atoms with Gasteiger partial charge in [0.15, 0.2) is 0 Å². The van der Waals surface area contributed by atoms with Crippen molar-refractivity contribution < 1.29 is 9.53 Å². The van der Waals surface area contributed by atoms with Gasteiger partial charge >= 0.3 is 5.97 Å². The Hall–Kier alpha value is -1.47. The molecule has 0 bridgehead atoms. The van der Waals surface area contributed by atoms with Gasteiger partial charge in [-0.3, -0.25) is 4.79 Å². The summed E-state index contributed by atoms with van der Waals surface area (Å²) >= 11 is 1.45. The van der Waals surface area contributed by atoms with Crippen molar-refractivity contribution in [3.8, 4) is 6.07 Å². The minimum Gasteiger partial charge on any atom is -0.454 e. The second-order valence-corrected chi connectivity index (χ2v) is 3.87. The quantitative estimate of drug-likeness (QED) is 0.445. The molecule has 4 heteroatoms. The number of carbonyl (C=O) groups is 1. The molecule has 0 atom stereocenters. The van der Waals surface area contributed by atoms with Crippen molar-refractivity contribution in [1.29, 1.82) is 5.26 Å². The van der Waals surface area contributed by atoms with Crippen LogP contribution >= 0.6 is 11.8 Å². The molecule has 1 aromatic rings. The molecule has 0 fully saturated rings. The number of esters is 1. The molecule has 0 heterocycles. The Labute approximate surface area is 93.0 Å². The molecule has 0 aliphatic rings. The van der Waals surface area contributed by atoms with Crippen molar-refractivity contribution in [2.75, 3.05) is 5.94 Å². The summed E-state index contributed by atoms with van der Waals surface area (Å²) in [7, 11) is 0. The van der Waals surface area contributed by atoms with E-state index >= 15 is 0 Å². The molecule has 0 saturated heterocycles. The Morgan fingerprint density at radius 2 is 2.13 bits per heavy atom. The summed E-state index contributed by atoms with van der Waals surface area (Å²) in [6, 6.07) is 9.72. The van der Waals surface area contributed by atoms with Crippen LogP contribution in [-0.4, -0.2) is 11.9 Å². The number of hydrogen-bond donors (Lipinski definition) is 0. The maximum atomic E-state index is 10.5. The van der Waals surface area contributed by atoms with E-state index in [1.807, 2.05) is 24.3 Å². The highest BCUT2D eigenvalue weighted by Crippen LogP contribution is 2.18. The fourth-order valence-electron chi connectivity index (χ4n) is 0.975. The summed E-state index contributed by atoms with van der Waals surface area (Å²) < 4.78 is 4.80. The van der Waals surface area contributed by atoms with Gasteiger partial charge in [0.1, 0.15) is 5.94 Å². The molecule has 0 aromatic heterocycles. The van der Waals surface area contributed by atoms with Crippen molar-refractivity contribution in [2.24, 2.45) is 0 Å². The normalized spacial score (nSPS) is 9.33. The zero-order valence-electron chi connectivity index (χ0n) is 8.40. The molecule has 78 valence electrons. The van der Waals surface area contributed by atoms with Gasteiger partial charge in [0.05, 0.1) is 12.5 Å². The molecule has 15 heavy (non-hydrogen) atoms. The first kappa shape index (κ1) is 11.6. The molecule has 0 N–H and O–H groups in total. The number of carbonyl (C=O) groups excluding carboxylic acids is 1. The summed E-state index contributed by atoms with van der Waals surface area (Å²) in [5, 5.41) is 8.48. The topological polar surface area (TPSA) is 50.1 Å². The minimum absolute atomic E-state index is 0.274. The van der Waals surface area contributed by atoms with Crippen LogP contribution in [0.1, 0.15) is 12.5 Å². The molecule has 0 amide bonds. The van der Waals surface area contributed by atoms with Crippen LogP contribution in [0.2, 0.25) is 0 Å². The maximum Gasteiger partial charge on any atom is 0.303 e. The predicted molar refractivity (Wildman–Crippen MR) is 58.2 cm³/mol. The van der Waals surface area contributed by atoms with Crippen LogP contribution < -0.4 is 0 Å². The van der Waals surface area contributed by atoms with Crippen molar-refractivity contribution in [1.82, 2.24) is 0 Å². The van der Waals surface area contributed by atoms with Crippen molar-refractivity contribution in [3.05, 3.63) is 29.8 Å². The molecule has 0 aliphatic carbocycles. The second-order valence-electron chi connectivity index (χ2n) is 2.88. The number of ether oxygens (including phenoxy) is 1. The predicted octanol–water partition coefficient (Wildman–Crippen LogP) is 2.37. The first-order valence-electron chi connectivity index (χ1n) is 4.44. The van der Waals surface area contributed by atoms with Crippen LogP contribution in [0, 0.1) is 11.3 Å². The highest BCUT2D eigenvalue weighted by atomic mass is 32.2. The molecule has 0 unspecified atom stereocenters. The van der Waals surface area contributed by atoms with E-state index in [1.54, 1.807) is 0 Å². The SMILES string of the molecule is CC(=O)OCSc1ccc(CC#N)cc1. The summed E-state index contributed by atoms with van der Waals surface area (Å²) in [6.45, 7) is 1.39. The van der Waals surface area contributed by atoms with Gasteiger partial charge in [-0.25, -0.2) is 0 Å². The lowest BCUT2D eigenvalue weighted by Gasteiger charge is -2.02. The first-order chi connectivity index (χ1) is 7.22. The number of thioether (sulfide) groups is 1. The fourth-order valence-corrected chi connectivity index (χ4v) is 1.66. The average molecular weight is 221 g/mol. The Morgan fingerprint density at radius 3 is 2.67 bits per heavy atom. The molecule has 0 aliphatic heterocycles. The van der Waals surface area contributed by atoms with Gasteiger partial charge in [-0.2, -0.15) is 5.26 Å². The fraction of sp³-hybridized carbons (Fsp3) is 0.273. The maximum absolute atomic E-state index is 10.5. The third kappa shape index (κ3) is 4.52.